The standard InChI is InChI=1S/C27H31NO3S/c1-2-28(20-27(29)30)25-13-6-7-14-26(25)32-21-23-15-17-24(18-16-23)31-19-9-8-12-22-10-4-3-5-11-22/h3-7,10-11,13-18H,2,8-9,12,19-21H2,1H3,(H,29,30). The smallest absolute Gasteiger partial charge is 0.323 e. The average Bonchev–Trinajstić information content (AvgIpc) is 2.82. The fourth-order valence-electron chi connectivity index (χ4n) is 3.48. The first-order valence-corrected chi connectivity index (χ1v) is 12.1. The number of likely N-dealkylation sites (N-methyl/N-ethyl adjacent to an activating group) is 1. The first-order valence-electron chi connectivity index (χ1n) is 11.1. The molecule has 0 saturated heterocycles. The number of ether oxygens (including phenoxy) is 1. The van der Waals surface area contributed by atoms with Crippen LogP contribution in [-0.4, -0.2) is 30.8 Å². The summed E-state index contributed by atoms with van der Waals surface area (Å²) >= 11 is 1.72. The van der Waals surface area contributed by atoms with Gasteiger partial charge in [-0.05, 0) is 61.6 Å². The molecular formula is C27H31NO3S. The van der Waals surface area contributed by atoms with Gasteiger partial charge in [0, 0.05) is 17.2 Å². The third-order valence-electron chi connectivity index (χ3n) is 5.20. The molecule has 0 aliphatic heterocycles. The number of hydrogen-bond donors (Lipinski definition) is 1. The quantitative estimate of drug-likeness (QED) is 0.245. The summed E-state index contributed by atoms with van der Waals surface area (Å²) < 4.78 is 5.89. The van der Waals surface area contributed by atoms with Crippen molar-refractivity contribution >= 4 is 23.4 Å². The molecule has 0 radical (unpaired) electrons. The van der Waals surface area contributed by atoms with Gasteiger partial charge >= 0.3 is 5.97 Å². The highest BCUT2D eigenvalue weighted by Crippen LogP contribution is 2.32. The second-order valence-corrected chi connectivity index (χ2v) is 8.62. The lowest BCUT2D eigenvalue weighted by Gasteiger charge is -2.23. The minimum atomic E-state index is -0.817. The van der Waals surface area contributed by atoms with E-state index in [1.165, 1.54) is 11.1 Å². The fraction of sp³-hybridized carbons (Fsp3) is 0.296. The van der Waals surface area contributed by atoms with Gasteiger partial charge in [-0.25, -0.2) is 0 Å². The van der Waals surface area contributed by atoms with Crippen LogP contribution in [-0.2, 0) is 17.0 Å². The lowest BCUT2D eigenvalue weighted by atomic mass is 10.1. The molecule has 0 amide bonds. The Morgan fingerprint density at radius 1 is 0.906 bits per heavy atom. The maximum atomic E-state index is 11.2. The number of aryl methyl sites for hydroxylation is 1. The fourth-order valence-corrected chi connectivity index (χ4v) is 4.51. The number of carboxylic acids is 1. The van der Waals surface area contributed by atoms with E-state index in [9.17, 15) is 9.90 Å². The van der Waals surface area contributed by atoms with E-state index in [1.807, 2.05) is 48.2 Å². The van der Waals surface area contributed by atoms with Gasteiger partial charge in [0.2, 0.25) is 0 Å². The second kappa shape index (κ2) is 12.8. The summed E-state index contributed by atoms with van der Waals surface area (Å²) in [7, 11) is 0. The van der Waals surface area contributed by atoms with Gasteiger partial charge in [-0.2, -0.15) is 0 Å². The molecule has 3 rings (SSSR count). The Hall–Kier alpha value is -2.92. The molecule has 0 bridgehead atoms. The molecule has 0 atom stereocenters. The van der Waals surface area contributed by atoms with Crippen molar-refractivity contribution in [1.82, 2.24) is 0 Å². The summed E-state index contributed by atoms with van der Waals surface area (Å²) in [5.41, 5.74) is 3.56. The van der Waals surface area contributed by atoms with Crippen molar-refractivity contribution < 1.29 is 14.6 Å². The number of carboxylic acid groups (broad SMARTS) is 1. The third kappa shape index (κ3) is 7.65. The number of unbranched alkanes of at least 4 members (excludes halogenated alkanes) is 1. The highest BCUT2D eigenvalue weighted by atomic mass is 32.2. The van der Waals surface area contributed by atoms with Crippen LogP contribution in [0.15, 0.2) is 83.8 Å². The van der Waals surface area contributed by atoms with Crippen LogP contribution in [0, 0.1) is 0 Å². The van der Waals surface area contributed by atoms with Gasteiger partial charge in [0.15, 0.2) is 0 Å². The molecule has 168 valence electrons. The van der Waals surface area contributed by atoms with E-state index < -0.39 is 5.97 Å². The maximum absolute atomic E-state index is 11.2. The minimum Gasteiger partial charge on any atom is -0.494 e. The van der Waals surface area contributed by atoms with Crippen LogP contribution in [0.25, 0.3) is 0 Å². The van der Waals surface area contributed by atoms with Crippen LogP contribution in [0.3, 0.4) is 0 Å². The summed E-state index contributed by atoms with van der Waals surface area (Å²) in [6, 6.07) is 26.8. The Balaban J connectivity index is 1.45. The number of thioether (sulfide) groups is 1. The van der Waals surface area contributed by atoms with Crippen molar-refractivity contribution in [2.75, 3.05) is 24.6 Å². The Morgan fingerprint density at radius 3 is 2.34 bits per heavy atom. The Bertz CT molecular complexity index is 960. The van der Waals surface area contributed by atoms with E-state index in [0.717, 1.165) is 48.0 Å². The zero-order chi connectivity index (χ0) is 22.6. The third-order valence-corrected chi connectivity index (χ3v) is 6.34. The van der Waals surface area contributed by atoms with E-state index in [1.54, 1.807) is 11.8 Å². The molecule has 0 aliphatic carbocycles. The van der Waals surface area contributed by atoms with E-state index in [2.05, 4.69) is 42.5 Å². The van der Waals surface area contributed by atoms with Crippen molar-refractivity contribution in [1.29, 1.82) is 0 Å². The summed E-state index contributed by atoms with van der Waals surface area (Å²) in [5.74, 6) is 0.902. The SMILES string of the molecule is CCN(CC(=O)O)c1ccccc1SCc1ccc(OCCCCc2ccccc2)cc1. The first kappa shape index (κ1) is 23.7. The molecule has 1 N–H and O–H groups in total. The first-order chi connectivity index (χ1) is 15.7. The maximum Gasteiger partial charge on any atom is 0.323 e. The number of aliphatic carboxylic acids is 1. The number of hydrogen-bond acceptors (Lipinski definition) is 4. The highest BCUT2D eigenvalue weighted by Gasteiger charge is 2.13. The van der Waals surface area contributed by atoms with E-state index in [0.29, 0.717) is 6.54 Å². The van der Waals surface area contributed by atoms with Crippen molar-refractivity contribution in [2.24, 2.45) is 0 Å². The molecule has 0 saturated carbocycles. The van der Waals surface area contributed by atoms with Gasteiger partial charge in [-0.15, -0.1) is 11.8 Å². The van der Waals surface area contributed by atoms with Gasteiger partial charge in [0.05, 0.1) is 12.3 Å². The van der Waals surface area contributed by atoms with Crippen molar-refractivity contribution in [3.63, 3.8) is 0 Å². The van der Waals surface area contributed by atoms with Crippen molar-refractivity contribution in [3.8, 4) is 5.75 Å². The minimum absolute atomic E-state index is 0.00541. The predicted molar refractivity (Wildman–Crippen MR) is 133 cm³/mol. The topological polar surface area (TPSA) is 49.8 Å². The monoisotopic (exact) mass is 449 g/mol. The number of rotatable bonds is 13. The number of para-hydroxylation sites is 1. The van der Waals surface area contributed by atoms with Crippen LogP contribution < -0.4 is 9.64 Å². The predicted octanol–water partition coefficient (Wildman–Crippen LogP) is 6.29. The molecule has 0 fully saturated rings. The molecule has 4 nitrogen and oxygen atoms in total. The molecule has 0 spiro atoms. The summed E-state index contributed by atoms with van der Waals surface area (Å²) in [4.78, 5) is 14.2. The molecular weight excluding hydrogens is 418 g/mol. The van der Waals surface area contributed by atoms with Gasteiger partial charge in [0.25, 0.3) is 0 Å². The summed E-state index contributed by atoms with van der Waals surface area (Å²) in [6.07, 6.45) is 3.24. The largest absolute Gasteiger partial charge is 0.494 e. The highest BCUT2D eigenvalue weighted by molar-refractivity contribution is 7.98. The zero-order valence-electron chi connectivity index (χ0n) is 18.6. The van der Waals surface area contributed by atoms with Crippen LogP contribution in [0.5, 0.6) is 5.75 Å². The lowest BCUT2D eigenvalue weighted by Crippen LogP contribution is -2.29. The molecule has 0 aromatic heterocycles. The van der Waals surface area contributed by atoms with E-state index >= 15 is 0 Å². The summed E-state index contributed by atoms with van der Waals surface area (Å²) in [5, 5.41) is 9.18. The average molecular weight is 450 g/mol. The number of carbonyl (C=O) groups is 1. The van der Waals surface area contributed by atoms with Gasteiger partial charge < -0.3 is 14.7 Å². The molecule has 0 unspecified atom stereocenters. The van der Waals surface area contributed by atoms with Crippen molar-refractivity contribution in [2.45, 2.75) is 36.8 Å². The van der Waals surface area contributed by atoms with E-state index in [4.69, 9.17) is 4.74 Å². The Kier molecular flexibility index (Phi) is 9.51. The Labute approximate surface area is 195 Å². The number of benzene rings is 3. The zero-order valence-corrected chi connectivity index (χ0v) is 19.4. The van der Waals surface area contributed by atoms with Gasteiger partial charge in [-0.3, -0.25) is 4.79 Å². The van der Waals surface area contributed by atoms with E-state index in [-0.39, 0.29) is 6.54 Å². The van der Waals surface area contributed by atoms with Gasteiger partial charge in [-0.1, -0.05) is 54.6 Å². The molecule has 0 aliphatic rings. The molecule has 0 heterocycles. The van der Waals surface area contributed by atoms with Crippen LogP contribution >= 0.6 is 11.8 Å². The van der Waals surface area contributed by atoms with Crippen molar-refractivity contribution in [3.05, 3.63) is 90.0 Å². The van der Waals surface area contributed by atoms with Crippen LogP contribution in [0.4, 0.5) is 5.69 Å². The van der Waals surface area contributed by atoms with Crippen LogP contribution in [0.1, 0.15) is 30.9 Å². The molecule has 3 aromatic rings. The molecule has 3 aromatic carbocycles. The number of anilines is 1. The molecule has 32 heavy (non-hydrogen) atoms. The Morgan fingerprint density at radius 2 is 1.62 bits per heavy atom. The molecule has 5 heteroatoms. The van der Waals surface area contributed by atoms with Crippen LogP contribution in [0.2, 0.25) is 0 Å². The van der Waals surface area contributed by atoms with Gasteiger partial charge in [0.1, 0.15) is 12.3 Å². The lowest BCUT2D eigenvalue weighted by molar-refractivity contribution is -0.135. The number of nitrogens with zero attached hydrogens (tertiary/aromatic N) is 1. The summed E-state index contributed by atoms with van der Waals surface area (Å²) in [6.45, 7) is 3.36. The second-order valence-electron chi connectivity index (χ2n) is 7.60. The normalized spacial score (nSPS) is 10.7.